The molecule has 1 heterocycles. The van der Waals surface area contributed by atoms with Crippen molar-refractivity contribution in [3.63, 3.8) is 0 Å². The van der Waals surface area contributed by atoms with Gasteiger partial charge in [-0.25, -0.2) is 9.48 Å². The average molecular weight is 271 g/mol. The summed E-state index contributed by atoms with van der Waals surface area (Å²) in [5.41, 5.74) is 0.778. The standard InChI is InChI=1S/C13H19ClN2O2/c1-2-10-11(13(17)18)12(14)16(15-10)9-7-5-3-4-6-8-9/h9H,2-8H2,1H3,(H,17,18). The van der Waals surface area contributed by atoms with Crippen molar-refractivity contribution < 1.29 is 9.90 Å². The molecule has 1 aliphatic rings. The number of carboxylic acids is 1. The fraction of sp³-hybridized carbons (Fsp3) is 0.692. The molecule has 0 saturated heterocycles. The molecule has 4 nitrogen and oxygen atoms in total. The van der Waals surface area contributed by atoms with E-state index < -0.39 is 5.97 Å². The van der Waals surface area contributed by atoms with Gasteiger partial charge in [0.05, 0.1) is 11.7 Å². The predicted octanol–water partition coefficient (Wildman–Crippen LogP) is 3.69. The summed E-state index contributed by atoms with van der Waals surface area (Å²) in [6.45, 7) is 1.91. The maximum Gasteiger partial charge on any atom is 0.340 e. The van der Waals surface area contributed by atoms with Gasteiger partial charge in [-0.05, 0) is 19.3 Å². The highest BCUT2D eigenvalue weighted by Gasteiger charge is 2.25. The minimum atomic E-state index is -0.975. The first-order chi connectivity index (χ1) is 8.65. The first kappa shape index (κ1) is 13.4. The Morgan fingerprint density at radius 3 is 2.44 bits per heavy atom. The Labute approximate surface area is 112 Å². The van der Waals surface area contributed by atoms with Gasteiger partial charge in [-0.15, -0.1) is 0 Å². The number of hydrogen-bond donors (Lipinski definition) is 1. The second kappa shape index (κ2) is 5.74. The number of halogens is 1. The molecule has 1 saturated carbocycles. The van der Waals surface area contributed by atoms with E-state index in [-0.39, 0.29) is 11.6 Å². The Morgan fingerprint density at radius 2 is 2.00 bits per heavy atom. The summed E-state index contributed by atoms with van der Waals surface area (Å²) in [5, 5.41) is 13.9. The zero-order valence-electron chi connectivity index (χ0n) is 10.7. The van der Waals surface area contributed by atoms with Crippen molar-refractivity contribution in [2.24, 2.45) is 0 Å². The van der Waals surface area contributed by atoms with Crippen molar-refractivity contribution in [1.29, 1.82) is 0 Å². The van der Waals surface area contributed by atoms with E-state index in [1.807, 2.05) is 6.92 Å². The lowest BCUT2D eigenvalue weighted by atomic mass is 10.1. The summed E-state index contributed by atoms with van der Waals surface area (Å²) in [4.78, 5) is 11.2. The zero-order valence-corrected chi connectivity index (χ0v) is 11.4. The van der Waals surface area contributed by atoms with Crippen molar-refractivity contribution >= 4 is 17.6 Å². The molecular weight excluding hydrogens is 252 g/mol. The molecule has 1 aromatic heterocycles. The van der Waals surface area contributed by atoms with E-state index in [9.17, 15) is 9.90 Å². The molecule has 5 heteroatoms. The largest absolute Gasteiger partial charge is 0.478 e. The summed E-state index contributed by atoms with van der Waals surface area (Å²) < 4.78 is 1.75. The summed E-state index contributed by atoms with van der Waals surface area (Å²) in [7, 11) is 0. The van der Waals surface area contributed by atoms with Gasteiger partial charge >= 0.3 is 5.97 Å². The second-order valence-electron chi connectivity index (χ2n) is 4.86. The minimum absolute atomic E-state index is 0.184. The first-order valence-electron chi connectivity index (χ1n) is 6.65. The van der Waals surface area contributed by atoms with Crippen molar-refractivity contribution in [1.82, 2.24) is 9.78 Å². The molecule has 0 aromatic carbocycles. The maximum absolute atomic E-state index is 11.2. The molecular formula is C13H19ClN2O2. The summed E-state index contributed by atoms with van der Waals surface area (Å²) in [5.74, 6) is -0.975. The van der Waals surface area contributed by atoms with Crippen LogP contribution in [0.1, 0.15) is 67.5 Å². The van der Waals surface area contributed by atoms with Gasteiger partial charge in [0.2, 0.25) is 0 Å². The summed E-state index contributed by atoms with van der Waals surface area (Å²) >= 11 is 6.21. The lowest BCUT2D eigenvalue weighted by molar-refractivity contribution is 0.0696. The predicted molar refractivity (Wildman–Crippen MR) is 70.3 cm³/mol. The number of carbonyl (C=O) groups is 1. The molecule has 1 fully saturated rings. The molecule has 1 aliphatic carbocycles. The van der Waals surface area contributed by atoms with Crippen LogP contribution in [0.4, 0.5) is 0 Å². The van der Waals surface area contributed by atoms with E-state index >= 15 is 0 Å². The Kier molecular flexibility index (Phi) is 4.27. The zero-order chi connectivity index (χ0) is 13.1. The Morgan fingerprint density at radius 1 is 1.39 bits per heavy atom. The molecule has 0 atom stereocenters. The number of aromatic carboxylic acids is 1. The molecule has 0 aliphatic heterocycles. The molecule has 0 bridgehead atoms. The fourth-order valence-corrected chi connectivity index (χ4v) is 3.03. The van der Waals surface area contributed by atoms with Crippen molar-refractivity contribution in [3.8, 4) is 0 Å². The van der Waals surface area contributed by atoms with E-state index in [1.54, 1.807) is 4.68 Å². The fourth-order valence-electron chi connectivity index (χ4n) is 2.66. The van der Waals surface area contributed by atoms with Gasteiger partial charge < -0.3 is 5.11 Å². The third-order valence-electron chi connectivity index (χ3n) is 3.64. The van der Waals surface area contributed by atoms with E-state index in [0.717, 1.165) is 12.8 Å². The SMILES string of the molecule is CCc1nn(C2CCCCCC2)c(Cl)c1C(=O)O. The molecule has 2 rings (SSSR count). The van der Waals surface area contributed by atoms with Crippen LogP contribution in [0.5, 0.6) is 0 Å². The lowest BCUT2D eigenvalue weighted by Crippen LogP contribution is -2.10. The van der Waals surface area contributed by atoms with E-state index in [2.05, 4.69) is 5.10 Å². The van der Waals surface area contributed by atoms with Crippen LogP contribution in [0.3, 0.4) is 0 Å². The molecule has 0 unspecified atom stereocenters. The van der Waals surface area contributed by atoms with Crippen molar-refractivity contribution in [3.05, 3.63) is 16.4 Å². The average Bonchev–Trinajstić information content (AvgIpc) is 2.54. The Hall–Kier alpha value is -1.03. The topological polar surface area (TPSA) is 55.1 Å². The molecule has 1 aromatic rings. The number of carboxylic acid groups (broad SMARTS) is 1. The Bertz CT molecular complexity index is 434. The van der Waals surface area contributed by atoms with Gasteiger partial charge in [-0.3, -0.25) is 0 Å². The first-order valence-corrected chi connectivity index (χ1v) is 7.03. The van der Waals surface area contributed by atoms with Crippen molar-refractivity contribution in [2.75, 3.05) is 0 Å². The van der Waals surface area contributed by atoms with Gasteiger partial charge in [0.15, 0.2) is 0 Å². The smallest absolute Gasteiger partial charge is 0.340 e. The number of aromatic nitrogens is 2. The third kappa shape index (κ3) is 2.53. The number of rotatable bonds is 3. The highest BCUT2D eigenvalue weighted by Crippen LogP contribution is 2.32. The highest BCUT2D eigenvalue weighted by atomic mass is 35.5. The Balaban J connectivity index is 2.35. The van der Waals surface area contributed by atoms with Crippen LogP contribution in [0, 0.1) is 0 Å². The monoisotopic (exact) mass is 270 g/mol. The van der Waals surface area contributed by atoms with E-state index in [0.29, 0.717) is 17.3 Å². The second-order valence-corrected chi connectivity index (χ2v) is 5.22. The van der Waals surface area contributed by atoms with Gasteiger partial charge in [0.25, 0.3) is 0 Å². The van der Waals surface area contributed by atoms with Crippen LogP contribution in [0.15, 0.2) is 0 Å². The highest BCUT2D eigenvalue weighted by molar-refractivity contribution is 6.32. The van der Waals surface area contributed by atoms with Crippen LogP contribution in [0.25, 0.3) is 0 Å². The van der Waals surface area contributed by atoms with Gasteiger partial charge in [0.1, 0.15) is 10.7 Å². The van der Waals surface area contributed by atoms with Crippen LogP contribution < -0.4 is 0 Å². The van der Waals surface area contributed by atoms with Gasteiger partial charge in [0, 0.05) is 0 Å². The van der Waals surface area contributed by atoms with E-state index in [4.69, 9.17) is 11.6 Å². The van der Waals surface area contributed by atoms with Crippen molar-refractivity contribution in [2.45, 2.75) is 57.9 Å². The van der Waals surface area contributed by atoms with Crippen LogP contribution >= 0.6 is 11.6 Å². The molecule has 0 amide bonds. The minimum Gasteiger partial charge on any atom is -0.478 e. The number of nitrogens with zero attached hydrogens (tertiary/aromatic N) is 2. The molecule has 100 valence electrons. The van der Waals surface area contributed by atoms with Gasteiger partial charge in [-0.1, -0.05) is 44.2 Å². The molecule has 1 N–H and O–H groups in total. The normalized spacial score (nSPS) is 17.7. The van der Waals surface area contributed by atoms with Crippen LogP contribution in [-0.4, -0.2) is 20.9 Å². The maximum atomic E-state index is 11.2. The number of aryl methyl sites for hydroxylation is 1. The number of hydrogen-bond acceptors (Lipinski definition) is 2. The van der Waals surface area contributed by atoms with E-state index in [1.165, 1.54) is 25.7 Å². The summed E-state index contributed by atoms with van der Waals surface area (Å²) in [6, 6.07) is 0.262. The van der Waals surface area contributed by atoms with Crippen LogP contribution in [-0.2, 0) is 6.42 Å². The molecule has 0 spiro atoms. The quantitative estimate of drug-likeness (QED) is 0.852. The van der Waals surface area contributed by atoms with Crippen LogP contribution in [0.2, 0.25) is 5.15 Å². The lowest BCUT2D eigenvalue weighted by Gasteiger charge is -2.15. The molecule has 0 radical (unpaired) electrons. The molecule has 18 heavy (non-hydrogen) atoms. The third-order valence-corrected chi connectivity index (χ3v) is 4.01. The summed E-state index contributed by atoms with van der Waals surface area (Å²) in [6.07, 6.45) is 7.54. The van der Waals surface area contributed by atoms with Gasteiger partial charge in [-0.2, -0.15) is 5.10 Å².